The fourth-order valence-electron chi connectivity index (χ4n) is 1.69. The third-order valence-corrected chi connectivity index (χ3v) is 3.63. The lowest BCUT2D eigenvalue weighted by molar-refractivity contribution is -0.124. The van der Waals surface area contributed by atoms with E-state index in [-0.39, 0.29) is 36.6 Å². The highest BCUT2D eigenvalue weighted by Crippen LogP contribution is 2.12. The van der Waals surface area contributed by atoms with Crippen molar-refractivity contribution in [2.75, 3.05) is 13.1 Å². The van der Waals surface area contributed by atoms with E-state index in [1.165, 1.54) is 0 Å². The third kappa shape index (κ3) is 4.43. The average Bonchev–Trinajstić information content (AvgIpc) is 2.85. The minimum Gasteiger partial charge on any atom is -0.351 e. The highest BCUT2D eigenvalue weighted by molar-refractivity contribution is 7.09. The molecule has 1 saturated heterocycles. The second-order valence-electron chi connectivity index (χ2n) is 3.77. The lowest BCUT2D eigenvalue weighted by Crippen LogP contribution is -2.31. The predicted octanol–water partition coefficient (Wildman–Crippen LogP) is 1.52. The van der Waals surface area contributed by atoms with Crippen LogP contribution in [0.2, 0.25) is 0 Å². The Kier molecular flexibility index (Phi) is 7.70. The second-order valence-corrected chi connectivity index (χ2v) is 4.71. The number of thiazole rings is 1. The Morgan fingerprint density at radius 2 is 2.41 bits per heavy atom. The molecule has 1 aromatic rings. The molecule has 7 heteroatoms. The average molecular weight is 298 g/mol. The van der Waals surface area contributed by atoms with Gasteiger partial charge in [0.1, 0.15) is 0 Å². The zero-order chi connectivity index (χ0) is 10.7. The fraction of sp³-hybridized carbons (Fsp3) is 0.600. The number of hydrogen-bond donors (Lipinski definition) is 2. The molecule has 0 bridgehead atoms. The Bertz CT molecular complexity index is 353. The van der Waals surface area contributed by atoms with Crippen LogP contribution in [0.4, 0.5) is 0 Å². The van der Waals surface area contributed by atoms with Crippen LogP contribution in [-0.2, 0) is 11.3 Å². The number of rotatable bonds is 3. The van der Waals surface area contributed by atoms with Crippen LogP contribution in [0.3, 0.4) is 0 Å². The lowest BCUT2D eigenvalue weighted by atomic mass is 10.1. The molecule has 0 aromatic carbocycles. The van der Waals surface area contributed by atoms with Crippen LogP contribution < -0.4 is 10.6 Å². The van der Waals surface area contributed by atoms with Crippen LogP contribution in [-0.4, -0.2) is 24.0 Å². The zero-order valence-corrected chi connectivity index (χ0v) is 12.0. The summed E-state index contributed by atoms with van der Waals surface area (Å²) in [6.07, 6.45) is 0.952. The number of halogens is 2. The first-order chi connectivity index (χ1) is 7.27. The summed E-state index contributed by atoms with van der Waals surface area (Å²) < 4.78 is 0. The monoisotopic (exact) mass is 297 g/mol. The Morgan fingerprint density at radius 3 is 2.94 bits per heavy atom. The number of aryl methyl sites for hydroxylation is 1. The summed E-state index contributed by atoms with van der Waals surface area (Å²) in [5.41, 5.74) is 2.83. The maximum Gasteiger partial charge on any atom is 0.224 e. The number of nitrogens with one attached hydrogen (secondary N) is 2. The topological polar surface area (TPSA) is 54.0 Å². The first-order valence-electron chi connectivity index (χ1n) is 5.15. The Labute approximate surface area is 117 Å². The van der Waals surface area contributed by atoms with E-state index < -0.39 is 0 Å². The van der Waals surface area contributed by atoms with Crippen molar-refractivity contribution in [1.29, 1.82) is 0 Å². The molecule has 17 heavy (non-hydrogen) atoms. The van der Waals surface area contributed by atoms with Crippen molar-refractivity contribution in [1.82, 2.24) is 15.6 Å². The maximum atomic E-state index is 11.7. The van der Waals surface area contributed by atoms with E-state index in [4.69, 9.17) is 0 Å². The molecule has 2 rings (SSSR count). The highest BCUT2D eigenvalue weighted by Gasteiger charge is 2.21. The van der Waals surface area contributed by atoms with Crippen LogP contribution in [0.1, 0.15) is 17.0 Å². The molecule has 98 valence electrons. The predicted molar refractivity (Wildman–Crippen MR) is 74.2 cm³/mol. The van der Waals surface area contributed by atoms with Gasteiger partial charge in [-0.05, 0) is 19.9 Å². The number of amides is 1. The first-order valence-corrected chi connectivity index (χ1v) is 6.02. The summed E-state index contributed by atoms with van der Waals surface area (Å²) in [5, 5.41) is 6.15. The molecule has 1 aliphatic rings. The van der Waals surface area contributed by atoms with Gasteiger partial charge in [-0.2, -0.15) is 0 Å². The van der Waals surface area contributed by atoms with Crippen molar-refractivity contribution in [3.05, 3.63) is 16.1 Å². The van der Waals surface area contributed by atoms with Gasteiger partial charge in [-0.1, -0.05) is 0 Å². The van der Waals surface area contributed by atoms with Crippen LogP contribution in [0, 0.1) is 12.8 Å². The largest absolute Gasteiger partial charge is 0.351 e. The molecular weight excluding hydrogens is 281 g/mol. The summed E-state index contributed by atoms with van der Waals surface area (Å²) in [6, 6.07) is 0. The third-order valence-electron chi connectivity index (χ3n) is 2.70. The standard InChI is InChI=1S/C10H15N3OS.2ClH/c1-7-9(15-6-13-7)5-12-10(14)8-2-3-11-4-8;;/h6,8,11H,2-5H2,1H3,(H,12,14);2*1H. The summed E-state index contributed by atoms with van der Waals surface area (Å²) in [6.45, 7) is 4.35. The molecule has 0 radical (unpaired) electrons. The van der Waals surface area contributed by atoms with Crippen molar-refractivity contribution < 1.29 is 4.79 Å². The smallest absolute Gasteiger partial charge is 0.224 e. The second kappa shape index (κ2) is 7.87. The lowest BCUT2D eigenvalue weighted by Gasteiger charge is -2.08. The van der Waals surface area contributed by atoms with Crippen molar-refractivity contribution in [3.8, 4) is 0 Å². The van der Waals surface area contributed by atoms with E-state index in [9.17, 15) is 4.79 Å². The van der Waals surface area contributed by atoms with Crippen molar-refractivity contribution in [3.63, 3.8) is 0 Å². The van der Waals surface area contributed by atoms with Gasteiger partial charge in [-0.15, -0.1) is 36.2 Å². The molecule has 0 spiro atoms. The quantitative estimate of drug-likeness (QED) is 0.889. The maximum absolute atomic E-state index is 11.7. The van der Waals surface area contributed by atoms with Crippen LogP contribution in [0.5, 0.6) is 0 Å². The van der Waals surface area contributed by atoms with Gasteiger partial charge in [-0.3, -0.25) is 4.79 Å². The van der Waals surface area contributed by atoms with Crippen LogP contribution >= 0.6 is 36.2 Å². The molecule has 1 amide bonds. The van der Waals surface area contributed by atoms with Crippen LogP contribution in [0.15, 0.2) is 5.51 Å². The molecule has 2 N–H and O–H groups in total. The van der Waals surface area contributed by atoms with Crippen LogP contribution in [0.25, 0.3) is 0 Å². The summed E-state index contributed by atoms with van der Waals surface area (Å²) in [5.74, 6) is 0.311. The van der Waals surface area contributed by atoms with Crippen molar-refractivity contribution >= 4 is 42.1 Å². The molecule has 1 aromatic heterocycles. The molecule has 1 fully saturated rings. The molecule has 0 saturated carbocycles. The van der Waals surface area contributed by atoms with Crippen molar-refractivity contribution in [2.24, 2.45) is 5.92 Å². The normalized spacial score (nSPS) is 18.1. The van der Waals surface area contributed by atoms with Gasteiger partial charge in [0.2, 0.25) is 5.91 Å². The molecular formula is C10H17Cl2N3OS. The van der Waals surface area contributed by atoms with E-state index in [0.29, 0.717) is 6.54 Å². The zero-order valence-electron chi connectivity index (χ0n) is 9.56. The van der Waals surface area contributed by atoms with Gasteiger partial charge in [-0.25, -0.2) is 4.98 Å². The molecule has 4 nitrogen and oxygen atoms in total. The number of hydrogen-bond acceptors (Lipinski definition) is 4. The Morgan fingerprint density at radius 1 is 1.65 bits per heavy atom. The van der Waals surface area contributed by atoms with E-state index >= 15 is 0 Å². The summed E-state index contributed by atoms with van der Waals surface area (Å²) in [7, 11) is 0. The summed E-state index contributed by atoms with van der Waals surface area (Å²) >= 11 is 1.59. The molecule has 1 unspecified atom stereocenters. The van der Waals surface area contributed by atoms with E-state index in [0.717, 1.165) is 30.1 Å². The van der Waals surface area contributed by atoms with Gasteiger partial charge in [0.15, 0.2) is 0 Å². The van der Waals surface area contributed by atoms with Gasteiger partial charge >= 0.3 is 0 Å². The number of nitrogens with zero attached hydrogens (tertiary/aromatic N) is 1. The minimum atomic E-state index is 0. The van der Waals surface area contributed by atoms with Crippen molar-refractivity contribution in [2.45, 2.75) is 19.9 Å². The van der Waals surface area contributed by atoms with Gasteiger partial charge in [0.05, 0.1) is 23.7 Å². The molecule has 1 atom stereocenters. The van der Waals surface area contributed by atoms with E-state index in [1.54, 1.807) is 11.3 Å². The Hall–Kier alpha value is -0.360. The molecule has 2 heterocycles. The Balaban J connectivity index is 0.00000128. The van der Waals surface area contributed by atoms with Gasteiger partial charge in [0.25, 0.3) is 0 Å². The molecule has 0 aliphatic carbocycles. The number of carbonyl (C=O) groups excluding carboxylic acids is 1. The number of carbonyl (C=O) groups is 1. The van der Waals surface area contributed by atoms with E-state index in [2.05, 4.69) is 15.6 Å². The first kappa shape index (κ1) is 16.6. The summed E-state index contributed by atoms with van der Waals surface area (Å²) in [4.78, 5) is 17.0. The minimum absolute atomic E-state index is 0. The SMILES string of the molecule is Cc1ncsc1CNC(=O)C1CCNC1.Cl.Cl. The number of aromatic nitrogens is 1. The fourth-order valence-corrected chi connectivity index (χ4v) is 2.40. The van der Waals surface area contributed by atoms with Gasteiger partial charge < -0.3 is 10.6 Å². The van der Waals surface area contributed by atoms with E-state index in [1.807, 2.05) is 12.4 Å². The van der Waals surface area contributed by atoms with Gasteiger partial charge in [0, 0.05) is 11.4 Å². The highest BCUT2D eigenvalue weighted by atomic mass is 35.5. The molecule has 1 aliphatic heterocycles.